The van der Waals surface area contributed by atoms with Gasteiger partial charge in [-0.25, -0.2) is 16.8 Å². The fraction of sp³-hybridized carbons (Fsp3) is 0.250. The van der Waals surface area contributed by atoms with E-state index in [-0.39, 0.29) is 9.79 Å². The van der Waals surface area contributed by atoms with Gasteiger partial charge in [-0.15, -0.1) is 0 Å². The van der Waals surface area contributed by atoms with Gasteiger partial charge in [0.05, 0.1) is 15.9 Å². The van der Waals surface area contributed by atoms with E-state index in [4.69, 9.17) is 4.74 Å². The van der Waals surface area contributed by atoms with Crippen LogP contribution >= 0.6 is 0 Å². The number of ether oxygens (including phenoxy) is 1. The average Bonchev–Trinajstić information content (AvgIpc) is 2.53. The van der Waals surface area contributed by atoms with Crippen LogP contribution < -0.4 is 0 Å². The van der Waals surface area contributed by atoms with Gasteiger partial charge < -0.3 is 4.74 Å². The maximum atomic E-state index is 12.4. The summed E-state index contributed by atoms with van der Waals surface area (Å²) in [5, 5.41) is 0. The Hall–Kier alpha value is -1.70. The molecular formula is C16H18O5S2. The van der Waals surface area contributed by atoms with Gasteiger partial charge in [0.25, 0.3) is 0 Å². The average molecular weight is 354 g/mol. The van der Waals surface area contributed by atoms with Crippen molar-refractivity contribution in [2.45, 2.75) is 22.8 Å². The van der Waals surface area contributed by atoms with E-state index in [1.807, 2.05) is 30.3 Å². The number of rotatable bonds is 6. The van der Waals surface area contributed by atoms with Crippen molar-refractivity contribution >= 4 is 19.7 Å². The van der Waals surface area contributed by atoms with E-state index in [2.05, 4.69) is 0 Å². The number of benzene rings is 2. The lowest BCUT2D eigenvalue weighted by Gasteiger charge is -2.14. The molecule has 0 aliphatic heterocycles. The summed E-state index contributed by atoms with van der Waals surface area (Å²) in [6.45, 7) is 1.74. The predicted octanol–water partition coefficient (Wildman–Crippen LogP) is 2.60. The molecule has 1 atom stereocenters. The van der Waals surface area contributed by atoms with Gasteiger partial charge in [0.2, 0.25) is 9.84 Å². The smallest absolute Gasteiger partial charge is 0.203 e. The molecule has 0 aliphatic rings. The number of sulfone groups is 2. The molecule has 0 spiro atoms. The van der Waals surface area contributed by atoms with E-state index < -0.39 is 31.7 Å². The topological polar surface area (TPSA) is 77.5 Å². The summed E-state index contributed by atoms with van der Waals surface area (Å²) in [4.78, 5) is -0.446. The molecule has 0 saturated heterocycles. The van der Waals surface area contributed by atoms with Crippen LogP contribution in [0, 0.1) is 0 Å². The minimum atomic E-state index is -3.88. The number of hydrogen-bond donors (Lipinski definition) is 0. The van der Waals surface area contributed by atoms with Gasteiger partial charge in [0.1, 0.15) is 0 Å². The van der Waals surface area contributed by atoms with Crippen LogP contribution in [0.15, 0.2) is 64.4 Å². The minimum absolute atomic E-state index is 0.212. The molecule has 7 heteroatoms. The monoisotopic (exact) mass is 354 g/mol. The highest BCUT2D eigenvalue weighted by Crippen LogP contribution is 2.24. The second kappa shape index (κ2) is 6.82. The van der Waals surface area contributed by atoms with Gasteiger partial charge in [-0.1, -0.05) is 42.5 Å². The number of hydrogen-bond acceptors (Lipinski definition) is 5. The highest BCUT2D eigenvalue weighted by atomic mass is 32.2. The first-order valence-corrected chi connectivity index (χ1v) is 10.4. The van der Waals surface area contributed by atoms with Gasteiger partial charge in [-0.05, 0) is 24.6 Å². The van der Waals surface area contributed by atoms with Crippen molar-refractivity contribution < 1.29 is 21.6 Å². The zero-order valence-electron chi connectivity index (χ0n) is 12.8. The second-order valence-corrected chi connectivity index (χ2v) is 9.06. The standard InChI is InChI=1S/C16H18O5S2/c1-13(14-8-4-3-5-9-14)21-12-23(19,20)16-11-7-6-10-15(16)22(2,17)18/h3-11,13H,12H2,1-2H3. The van der Waals surface area contributed by atoms with Crippen LogP contribution in [0.4, 0.5) is 0 Å². The molecule has 5 nitrogen and oxygen atoms in total. The van der Waals surface area contributed by atoms with Crippen molar-refractivity contribution in [3.05, 3.63) is 60.2 Å². The summed E-state index contributed by atoms with van der Waals surface area (Å²) in [6, 6.07) is 14.7. The van der Waals surface area contributed by atoms with E-state index in [1.54, 1.807) is 6.92 Å². The Morgan fingerprint density at radius 2 is 1.39 bits per heavy atom. The zero-order valence-corrected chi connectivity index (χ0v) is 14.5. The Kier molecular flexibility index (Phi) is 5.23. The fourth-order valence-corrected chi connectivity index (χ4v) is 4.85. The summed E-state index contributed by atoms with van der Waals surface area (Å²) in [5.41, 5.74) is 0.846. The van der Waals surface area contributed by atoms with Crippen molar-refractivity contribution in [1.29, 1.82) is 0 Å². The predicted molar refractivity (Wildman–Crippen MR) is 87.5 cm³/mol. The highest BCUT2D eigenvalue weighted by molar-refractivity contribution is 7.94. The largest absolute Gasteiger partial charge is 0.358 e. The molecule has 0 fully saturated rings. The molecule has 0 aromatic heterocycles. The van der Waals surface area contributed by atoms with Crippen LogP contribution in [-0.2, 0) is 24.4 Å². The molecule has 2 aromatic carbocycles. The lowest BCUT2D eigenvalue weighted by atomic mass is 10.1. The highest BCUT2D eigenvalue weighted by Gasteiger charge is 2.24. The van der Waals surface area contributed by atoms with Crippen molar-refractivity contribution in [3.8, 4) is 0 Å². The van der Waals surface area contributed by atoms with Gasteiger partial charge in [-0.2, -0.15) is 0 Å². The van der Waals surface area contributed by atoms with Crippen molar-refractivity contribution in [3.63, 3.8) is 0 Å². The Balaban J connectivity index is 2.24. The van der Waals surface area contributed by atoms with E-state index in [0.717, 1.165) is 11.8 Å². The Morgan fingerprint density at radius 3 is 1.96 bits per heavy atom. The molecule has 124 valence electrons. The molecule has 0 radical (unpaired) electrons. The van der Waals surface area contributed by atoms with Crippen LogP contribution in [0.2, 0.25) is 0 Å². The van der Waals surface area contributed by atoms with Crippen LogP contribution in [0.5, 0.6) is 0 Å². The minimum Gasteiger partial charge on any atom is -0.358 e. The molecule has 0 N–H and O–H groups in total. The summed E-state index contributed by atoms with van der Waals surface area (Å²) in [7, 11) is -7.52. The van der Waals surface area contributed by atoms with Crippen molar-refractivity contribution in [2.75, 3.05) is 12.2 Å². The third-order valence-corrected chi connectivity index (χ3v) is 6.08. The molecule has 23 heavy (non-hydrogen) atoms. The lowest BCUT2D eigenvalue weighted by molar-refractivity contribution is 0.101. The van der Waals surface area contributed by atoms with Crippen molar-refractivity contribution in [1.82, 2.24) is 0 Å². The molecular weight excluding hydrogens is 336 g/mol. The summed E-state index contributed by atoms with van der Waals surface area (Å²) < 4.78 is 53.8. The third-order valence-electron chi connectivity index (χ3n) is 3.33. The molecule has 2 aromatic rings. The maximum absolute atomic E-state index is 12.4. The maximum Gasteiger partial charge on any atom is 0.203 e. The van der Waals surface area contributed by atoms with Crippen LogP contribution in [0.3, 0.4) is 0 Å². The van der Waals surface area contributed by atoms with Crippen LogP contribution in [0.25, 0.3) is 0 Å². The second-order valence-electron chi connectivity index (χ2n) is 5.17. The van der Waals surface area contributed by atoms with E-state index in [9.17, 15) is 16.8 Å². The molecule has 0 aliphatic carbocycles. The molecule has 1 unspecified atom stereocenters. The van der Waals surface area contributed by atoms with E-state index in [1.165, 1.54) is 24.3 Å². The first-order valence-electron chi connectivity index (χ1n) is 6.90. The Labute approximate surface area is 136 Å². The Bertz CT molecular complexity index is 872. The van der Waals surface area contributed by atoms with Crippen LogP contribution in [-0.4, -0.2) is 29.0 Å². The SMILES string of the molecule is CC(OCS(=O)(=O)c1ccccc1S(C)(=O)=O)c1ccccc1. The summed E-state index contributed by atoms with van der Waals surface area (Å²) in [5.74, 6) is -0.588. The Morgan fingerprint density at radius 1 is 0.870 bits per heavy atom. The van der Waals surface area contributed by atoms with Gasteiger partial charge in [0, 0.05) is 6.26 Å². The normalized spacial score (nSPS) is 13.7. The molecule has 2 rings (SSSR count). The quantitative estimate of drug-likeness (QED) is 0.797. The van der Waals surface area contributed by atoms with E-state index >= 15 is 0 Å². The molecule has 0 saturated carbocycles. The summed E-state index contributed by atoms with van der Waals surface area (Å²) in [6.07, 6.45) is 0.561. The summed E-state index contributed by atoms with van der Waals surface area (Å²) >= 11 is 0. The molecule has 0 amide bonds. The van der Waals surface area contributed by atoms with Gasteiger partial charge in [-0.3, -0.25) is 0 Å². The third kappa shape index (κ3) is 4.40. The van der Waals surface area contributed by atoms with Gasteiger partial charge in [0.15, 0.2) is 15.8 Å². The van der Waals surface area contributed by atoms with Gasteiger partial charge >= 0.3 is 0 Å². The first-order chi connectivity index (χ1) is 10.7. The first kappa shape index (κ1) is 17.7. The molecule has 0 bridgehead atoms. The molecule has 0 heterocycles. The van der Waals surface area contributed by atoms with Crippen molar-refractivity contribution in [2.24, 2.45) is 0 Å². The zero-order chi connectivity index (χ0) is 17.1. The lowest BCUT2D eigenvalue weighted by Crippen LogP contribution is -2.15. The van der Waals surface area contributed by atoms with E-state index in [0.29, 0.717) is 0 Å². The van der Waals surface area contributed by atoms with Crippen LogP contribution in [0.1, 0.15) is 18.6 Å². The fourth-order valence-electron chi connectivity index (χ4n) is 2.09.